The van der Waals surface area contributed by atoms with Crippen molar-refractivity contribution in [2.75, 3.05) is 12.8 Å². The molecule has 0 bridgehead atoms. The molecule has 0 aliphatic carbocycles. The van der Waals surface area contributed by atoms with E-state index in [1.807, 2.05) is 18.9 Å². The maximum Gasteiger partial charge on any atom is 0.416 e. The summed E-state index contributed by atoms with van der Waals surface area (Å²) in [5.74, 6) is 0. The molecule has 3 nitrogen and oxygen atoms in total. The van der Waals surface area contributed by atoms with Gasteiger partial charge in [0.1, 0.15) is 0 Å². The molecule has 2 aromatic rings. The van der Waals surface area contributed by atoms with Crippen LogP contribution in [0, 0.1) is 0 Å². The summed E-state index contributed by atoms with van der Waals surface area (Å²) in [4.78, 5) is 6.91. The minimum Gasteiger partial charge on any atom is -0.375 e. The number of anilines is 1. The van der Waals surface area contributed by atoms with Gasteiger partial charge in [-0.1, -0.05) is 12.1 Å². The summed E-state index contributed by atoms with van der Waals surface area (Å²) in [5.41, 5.74) is 5.58. The minimum absolute atomic E-state index is 0.143. The molecule has 114 valence electrons. The van der Waals surface area contributed by atoms with Crippen molar-refractivity contribution >= 4 is 16.5 Å². The van der Waals surface area contributed by atoms with Gasteiger partial charge in [-0.05, 0) is 31.7 Å². The van der Waals surface area contributed by atoms with E-state index in [0.717, 1.165) is 10.9 Å². The fourth-order valence-electron chi connectivity index (χ4n) is 2.01. The first kappa shape index (κ1) is 15.8. The highest BCUT2D eigenvalue weighted by atomic mass is 32.1. The Morgan fingerprint density at radius 3 is 2.67 bits per heavy atom. The van der Waals surface area contributed by atoms with Crippen LogP contribution in [0.15, 0.2) is 30.5 Å². The zero-order chi connectivity index (χ0) is 15.6. The number of nitrogens with two attached hydrogens (primary N) is 1. The van der Waals surface area contributed by atoms with E-state index in [2.05, 4.69) is 4.98 Å². The number of hydrogen-bond donors (Lipinski definition) is 1. The number of nitrogens with zero attached hydrogens (tertiary/aromatic N) is 2. The van der Waals surface area contributed by atoms with Crippen LogP contribution >= 0.6 is 11.3 Å². The molecule has 2 rings (SSSR count). The molecule has 0 aliphatic heterocycles. The van der Waals surface area contributed by atoms with Crippen molar-refractivity contribution in [2.24, 2.45) is 0 Å². The van der Waals surface area contributed by atoms with Crippen LogP contribution in [0.5, 0.6) is 0 Å². The van der Waals surface area contributed by atoms with Gasteiger partial charge in [-0.25, -0.2) is 4.98 Å². The van der Waals surface area contributed by atoms with Crippen LogP contribution in [0.25, 0.3) is 0 Å². The lowest BCUT2D eigenvalue weighted by Gasteiger charge is -2.25. The molecule has 0 amide bonds. The Bertz CT molecular complexity index is 610. The van der Waals surface area contributed by atoms with Gasteiger partial charge in [-0.2, -0.15) is 13.2 Å². The number of benzene rings is 1. The summed E-state index contributed by atoms with van der Waals surface area (Å²) >= 11 is 1.38. The molecule has 1 aromatic carbocycles. The zero-order valence-corrected chi connectivity index (χ0v) is 12.5. The van der Waals surface area contributed by atoms with Crippen LogP contribution in [0.2, 0.25) is 0 Å². The predicted octanol–water partition coefficient (Wildman–Crippen LogP) is 3.94. The van der Waals surface area contributed by atoms with Crippen LogP contribution in [-0.4, -0.2) is 16.9 Å². The first-order chi connectivity index (χ1) is 9.77. The minimum atomic E-state index is -4.32. The standard InChI is InChI=1S/C14H16F3N3S/c1-9(20(2)8-12-7-19-13(18)21-12)10-4-3-5-11(6-10)14(15,16)17/h3-7,9H,8H2,1-2H3,(H2,18,19). The molecule has 2 N–H and O–H groups in total. The van der Waals surface area contributed by atoms with Gasteiger partial charge in [0.2, 0.25) is 0 Å². The van der Waals surface area contributed by atoms with Gasteiger partial charge < -0.3 is 5.73 Å². The highest BCUT2D eigenvalue weighted by Gasteiger charge is 2.30. The molecule has 1 atom stereocenters. The van der Waals surface area contributed by atoms with Gasteiger partial charge in [-0.15, -0.1) is 11.3 Å². The molecule has 1 unspecified atom stereocenters. The number of halogens is 3. The lowest BCUT2D eigenvalue weighted by Crippen LogP contribution is -2.21. The Morgan fingerprint density at radius 1 is 1.38 bits per heavy atom. The summed E-state index contributed by atoms with van der Waals surface area (Å²) in [6.07, 6.45) is -2.63. The quantitative estimate of drug-likeness (QED) is 0.929. The fourth-order valence-corrected chi connectivity index (χ4v) is 2.76. The third kappa shape index (κ3) is 3.95. The van der Waals surface area contributed by atoms with E-state index in [1.165, 1.54) is 23.5 Å². The first-order valence-electron chi connectivity index (χ1n) is 6.35. The largest absolute Gasteiger partial charge is 0.416 e. The van der Waals surface area contributed by atoms with Gasteiger partial charge in [-0.3, -0.25) is 4.90 Å². The van der Waals surface area contributed by atoms with Crippen LogP contribution in [0.1, 0.15) is 29.0 Å². The normalized spacial score (nSPS) is 13.6. The summed E-state index contributed by atoms with van der Waals surface area (Å²) in [5, 5.41) is 0.491. The van der Waals surface area contributed by atoms with Gasteiger partial charge in [0, 0.05) is 23.7 Å². The molecule has 0 spiro atoms. The summed E-state index contributed by atoms with van der Waals surface area (Å²) in [6, 6.07) is 5.28. The average molecular weight is 315 g/mol. The monoisotopic (exact) mass is 315 g/mol. The number of nitrogen functional groups attached to an aromatic ring is 1. The van der Waals surface area contributed by atoms with Gasteiger partial charge in [0.05, 0.1) is 5.56 Å². The van der Waals surface area contributed by atoms with Crippen molar-refractivity contribution in [3.63, 3.8) is 0 Å². The van der Waals surface area contributed by atoms with E-state index < -0.39 is 11.7 Å². The lowest BCUT2D eigenvalue weighted by molar-refractivity contribution is -0.137. The van der Waals surface area contributed by atoms with Crippen molar-refractivity contribution in [1.29, 1.82) is 0 Å². The number of thiazole rings is 1. The van der Waals surface area contributed by atoms with Gasteiger partial charge >= 0.3 is 6.18 Å². The third-order valence-corrected chi connectivity index (χ3v) is 4.15. The van der Waals surface area contributed by atoms with Crippen molar-refractivity contribution in [1.82, 2.24) is 9.88 Å². The summed E-state index contributed by atoms with van der Waals surface area (Å²) in [6.45, 7) is 2.46. The van der Waals surface area contributed by atoms with E-state index in [9.17, 15) is 13.2 Å². The Kier molecular flexibility index (Phi) is 4.53. The molecule has 0 saturated heterocycles. The van der Waals surface area contributed by atoms with Crippen molar-refractivity contribution in [2.45, 2.75) is 25.7 Å². The summed E-state index contributed by atoms with van der Waals surface area (Å²) in [7, 11) is 1.86. The maximum absolute atomic E-state index is 12.7. The highest BCUT2D eigenvalue weighted by molar-refractivity contribution is 7.15. The molecule has 1 aromatic heterocycles. The van der Waals surface area contributed by atoms with E-state index >= 15 is 0 Å². The molecule has 0 aliphatic rings. The Hall–Kier alpha value is -1.60. The molecule has 0 fully saturated rings. The molecule has 0 saturated carbocycles. The molecule has 7 heteroatoms. The van der Waals surface area contributed by atoms with Crippen molar-refractivity contribution in [3.8, 4) is 0 Å². The van der Waals surface area contributed by atoms with E-state index in [4.69, 9.17) is 5.73 Å². The molecule has 0 radical (unpaired) electrons. The third-order valence-electron chi connectivity index (χ3n) is 3.33. The number of aromatic nitrogens is 1. The Labute approximate surface area is 125 Å². The highest BCUT2D eigenvalue weighted by Crippen LogP contribution is 2.32. The van der Waals surface area contributed by atoms with Gasteiger partial charge in [0.15, 0.2) is 5.13 Å². The second-order valence-electron chi connectivity index (χ2n) is 4.88. The van der Waals surface area contributed by atoms with E-state index in [0.29, 0.717) is 17.2 Å². The second-order valence-corrected chi connectivity index (χ2v) is 6.03. The van der Waals surface area contributed by atoms with Crippen molar-refractivity contribution in [3.05, 3.63) is 46.5 Å². The van der Waals surface area contributed by atoms with E-state index in [-0.39, 0.29) is 6.04 Å². The predicted molar refractivity (Wildman–Crippen MR) is 77.9 cm³/mol. The number of hydrogen-bond acceptors (Lipinski definition) is 4. The van der Waals surface area contributed by atoms with Crippen molar-refractivity contribution < 1.29 is 13.2 Å². The molecule has 1 heterocycles. The molecular formula is C14H16F3N3S. The van der Waals surface area contributed by atoms with Gasteiger partial charge in [0.25, 0.3) is 0 Å². The smallest absolute Gasteiger partial charge is 0.375 e. The topological polar surface area (TPSA) is 42.2 Å². The Morgan fingerprint density at radius 2 is 2.10 bits per heavy atom. The lowest BCUT2D eigenvalue weighted by atomic mass is 10.0. The van der Waals surface area contributed by atoms with Crippen LogP contribution in [0.4, 0.5) is 18.3 Å². The van der Waals surface area contributed by atoms with Crippen LogP contribution in [0.3, 0.4) is 0 Å². The SMILES string of the molecule is CC(c1cccc(C(F)(F)F)c1)N(C)Cc1cnc(N)s1. The number of rotatable bonds is 4. The first-order valence-corrected chi connectivity index (χ1v) is 7.16. The fraction of sp³-hybridized carbons (Fsp3) is 0.357. The van der Waals surface area contributed by atoms with E-state index in [1.54, 1.807) is 12.3 Å². The average Bonchev–Trinajstić information content (AvgIpc) is 2.82. The summed E-state index contributed by atoms with van der Waals surface area (Å²) < 4.78 is 38.2. The number of alkyl halides is 3. The molecule has 21 heavy (non-hydrogen) atoms. The Balaban J connectivity index is 2.13. The zero-order valence-electron chi connectivity index (χ0n) is 11.7. The second kappa shape index (κ2) is 6.03. The maximum atomic E-state index is 12.7. The van der Waals surface area contributed by atoms with Crippen LogP contribution < -0.4 is 5.73 Å². The molecular weight excluding hydrogens is 299 g/mol. The van der Waals surface area contributed by atoms with Crippen LogP contribution in [-0.2, 0) is 12.7 Å².